The number of ether oxygens (including phenoxy) is 1. The van der Waals surface area contributed by atoms with Crippen molar-refractivity contribution in [1.29, 1.82) is 0 Å². The van der Waals surface area contributed by atoms with E-state index in [1.54, 1.807) is 19.2 Å². The van der Waals surface area contributed by atoms with Crippen molar-refractivity contribution in [2.24, 2.45) is 13.0 Å². The summed E-state index contributed by atoms with van der Waals surface area (Å²) in [6.45, 7) is 0.401. The van der Waals surface area contributed by atoms with E-state index < -0.39 is 10.0 Å². The third-order valence-corrected chi connectivity index (χ3v) is 9.15. The minimum atomic E-state index is -3.64. The highest BCUT2D eigenvalue weighted by molar-refractivity contribution is 7.89. The zero-order valence-corrected chi connectivity index (χ0v) is 21.8. The molecule has 192 valence electrons. The second kappa shape index (κ2) is 10.4. The number of rotatable bonds is 9. The van der Waals surface area contributed by atoms with Crippen molar-refractivity contribution < 1.29 is 17.9 Å². The minimum absolute atomic E-state index is 0.00263. The summed E-state index contributed by atoms with van der Waals surface area (Å²) in [5, 5.41) is 4.20. The van der Waals surface area contributed by atoms with Crippen LogP contribution in [0.3, 0.4) is 0 Å². The zero-order valence-electron chi connectivity index (χ0n) is 20.9. The Balaban J connectivity index is 1.19. The highest BCUT2D eigenvalue weighted by atomic mass is 32.2. The molecule has 2 N–H and O–H groups in total. The maximum absolute atomic E-state index is 13.2. The van der Waals surface area contributed by atoms with Crippen LogP contribution in [0.1, 0.15) is 61.7 Å². The fourth-order valence-electron chi connectivity index (χ4n) is 5.39. The first-order valence-corrected chi connectivity index (χ1v) is 14.3. The van der Waals surface area contributed by atoms with E-state index in [9.17, 15) is 13.2 Å². The van der Waals surface area contributed by atoms with Gasteiger partial charge in [0.2, 0.25) is 15.9 Å². The van der Waals surface area contributed by atoms with E-state index in [0.29, 0.717) is 43.1 Å². The molecule has 1 amide bonds. The van der Waals surface area contributed by atoms with Gasteiger partial charge in [0.1, 0.15) is 0 Å². The summed E-state index contributed by atoms with van der Waals surface area (Å²) in [6.07, 6.45) is 4.98. The molecule has 2 aliphatic carbocycles. The van der Waals surface area contributed by atoms with Crippen molar-refractivity contribution in [1.82, 2.24) is 14.6 Å². The maximum Gasteiger partial charge on any atom is 0.240 e. The highest BCUT2D eigenvalue weighted by Crippen LogP contribution is 2.42. The number of nitrogens with one attached hydrogen (secondary N) is 2. The van der Waals surface area contributed by atoms with Gasteiger partial charge in [-0.2, -0.15) is 0 Å². The summed E-state index contributed by atoms with van der Waals surface area (Å²) in [5.41, 5.74) is 3.24. The van der Waals surface area contributed by atoms with Crippen molar-refractivity contribution >= 4 is 26.8 Å². The number of carbonyl (C=O) groups excluding carboxylic acids is 1. The minimum Gasteiger partial charge on any atom is -0.382 e. The van der Waals surface area contributed by atoms with E-state index in [1.165, 1.54) is 18.5 Å². The second-order valence-corrected chi connectivity index (χ2v) is 11.9. The Morgan fingerprint density at radius 2 is 1.75 bits per heavy atom. The molecule has 2 fully saturated rings. The third-order valence-electron chi connectivity index (χ3n) is 7.63. The maximum atomic E-state index is 13.2. The molecule has 1 aromatic heterocycles. The molecule has 5 rings (SSSR count). The van der Waals surface area contributed by atoms with Gasteiger partial charge >= 0.3 is 0 Å². The van der Waals surface area contributed by atoms with Gasteiger partial charge in [-0.3, -0.25) is 4.79 Å². The average molecular weight is 510 g/mol. The van der Waals surface area contributed by atoms with Crippen molar-refractivity contribution in [2.75, 3.05) is 13.7 Å². The highest BCUT2D eigenvalue weighted by Gasteiger charge is 2.31. The van der Waals surface area contributed by atoms with Crippen molar-refractivity contribution in [2.45, 2.75) is 61.4 Å². The molecular formula is C28H35N3O4S. The van der Waals surface area contributed by atoms with E-state index in [2.05, 4.69) is 20.7 Å². The summed E-state index contributed by atoms with van der Waals surface area (Å²) in [7, 11) is -0.00303. The first-order chi connectivity index (χ1) is 17.4. The Hall–Kier alpha value is -2.68. The number of carbonyl (C=O) groups is 1. The molecule has 8 heteroatoms. The molecule has 2 aliphatic rings. The first-order valence-electron chi connectivity index (χ1n) is 12.8. The van der Waals surface area contributed by atoms with Crippen LogP contribution in [0.25, 0.3) is 10.9 Å². The van der Waals surface area contributed by atoms with Crippen LogP contribution >= 0.6 is 0 Å². The molecule has 1 atom stereocenters. The van der Waals surface area contributed by atoms with E-state index >= 15 is 0 Å². The number of nitrogens with zero attached hydrogens (tertiary/aromatic N) is 1. The molecule has 0 spiro atoms. The molecule has 7 nitrogen and oxygen atoms in total. The number of methoxy groups -OCH3 is 1. The summed E-state index contributed by atoms with van der Waals surface area (Å²) in [4.78, 5) is 13.3. The first kappa shape index (κ1) is 25.0. The fraction of sp³-hybridized carbons (Fsp3) is 0.464. The number of amides is 1. The molecule has 36 heavy (non-hydrogen) atoms. The second-order valence-electron chi connectivity index (χ2n) is 10.2. The number of sulfonamides is 1. The number of benzene rings is 2. The number of aromatic nitrogens is 1. The third kappa shape index (κ3) is 5.36. The van der Waals surface area contributed by atoms with Gasteiger partial charge in [-0.1, -0.05) is 36.4 Å². The van der Waals surface area contributed by atoms with Gasteiger partial charge in [0.15, 0.2) is 0 Å². The van der Waals surface area contributed by atoms with Gasteiger partial charge in [0.25, 0.3) is 0 Å². The Kier molecular flexibility index (Phi) is 7.19. The van der Waals surface area contributed by atoms with E-state index in [-0.39, 0.29) is 23.9 Å². The number of hydrogen-bond donors (Lipinski definition) is 2. The summed E-state index contributed by atoms with van der Waals surface area (Å²) < 4.78 is 36.7. The van der Waals surface area contributed by atoms with Crippen LogP contribution in [0.4, 0.5) is 0 Å². The van der Waals surface area contributed by atoms with Gasteiger partial charge in [0.05, 0.1) is 17.5 Å². The van der Waals surface area contributed by atoms with Crippen molar-refractivity contribution in [3.8, 4) is 0 Å². The lowest BCUT2D eigenvalue weighted by Gasteiger charge is -2.29. The SMILES string of the molecule is COC[C@@H](NC(=O)[C@H]1CC[C@H](NS(=O)(=O)c2ccc3cc(C4CC4)n(C)c3c2)CC1)c1ccccc1. The quantitative estimate of drug-likeness (QED) is 0.448. The Labute approximate surface area is 213 Å². The van der Waals surface area contributed by atoms with E-state index in [0.717, 1.165) is 16.5 Å². The zero-order chi connectivity index (χ0) is 25.3. The van der Waals surface area contributed by atoms with Crippen LogP contribution in [0.2, 0.25) is 0 Å². The van der Waals surface area contributed by atoms with E-state index in [4.69, 9.17) is 4.74 Å². The monoisotopic (exact) mass is 509 g/mol. The lowest BCUT2D eigenvalue weighted by Crippen LogP contribution is -2.42. The number of aryl methyl sites for hydroxylation is 1. The normalized spacial score (nSPS) is 21.4. The standard InChI is InChI=1S/C28H35N3O4S/c1-31-26(20-8-9-20)16-22-12-15-24(17-27(22)31)36(33,34)30-23-13-10-21(11-14-23)28(32)29-25(18-35-2)19-6-4-3-5-7-19/h3-7,12,15-17,20-21,23,25,30H,8-11,13-14,18H2,1-2H3,(H,29,32)/t21-,23-,25-/m1/s1. The molecular weight excluding hydrogens is 474 g/mol. The van der Waals surface area contributed by atoms with Crippen LogP contribution in [0, 0.1) is 5.92 Å². The predicted molar refractivity (Wildman–Crippen MR) is 140 cm³/mol. The summed E-state index contributed by atoms with van der Waals surface area (Å²) >= 11 is 0. The Bertz CT molecular complexity index is 1320. The van der Waals surface area contributed by atoms with Gasteiger partial charge in [-0.15, -0.1) is 0 Å². The molecule has 0 unspecified atom stereocenters. The fourth-order valence-corrected chi connectivity index (χ4v) is 6.72. The Morgan fingerprint density at radius 3 is 2.42 bits per heavy atom. The van der Waals surface area contributed by atoms with Crippen LogP contribution in [-0.2, 0) is 26.6 Å². The van der Waals surface area contributed by atoms with Crippen molar-refractivity contribution in [3.63, 3.8) is 0 Å². The van der Waals surface area contributed by atoms with E-state index in [1.807, 2.05) is 43.4 Å². The summed E-state index contributed by atoms with van der Waals surface area (Å²) in [6, 6.07) is 17.0. The van der Waals surface area contributed by atoms with Gasteiger partial charge in [-0.25, -0.2) is 13.1 Å². The van der Waals surface area contributed by atoms with Gasteiger partial charge in [-0.05, 0) is 73.6 Å². The molecule has 3 aromatic rings. The number of fused-ring (bicyclic) bond motifs is 1. The summed E-state index contributed by atoms with van der Waals surface area (Å²) in [5.74, 6) is 0.475. The number of hydrogen-bond acceptors (Lipinski definition) is 4. The molecule has 0 aliphatic heterocycles. The molecule has 0 saturated heterocycles. The van der Waals surface area contributed by atoms with Crippen LogP contribution in [0.15, 0.2) is 59.5 Å². The molecule has 0 bridgehead atoms. The predicted octanol–water partition coefficient (Wildman–Crippen LogP) is 4.40. The average Bonchev–Trinajstić information content (AvgIpc) is 3.67. The molecule has 2 saturated carbocycles. The lowest BCUT2D eigenvalue weighted by molar-refractivity contribution is -0.127. The van der Waals surface area contributed by atoms with Gasteiger partial charge < -0.3 is 14.6 Å². The van der Waals surface area contributed by atoms with Crippen LogP contribution in [-0.4, -0.2) is 38.7 Å². The van der Waals surface area contributed by atoms with Crippen LogP contribution in [0.5, 0.6) is 0 Å². The lowest BCUT2D eigenvalue weighted by atomic mass is 9.85. The molecule has 0 radical (unpaired) electrons. The topological polar surface area (TPSA) is 89.4 Å². The van der Waals surface area contributed by atoms with Gasteiger partial charge in [0, 0.05) is 37.3 Å². The molecule has 1 heterocycles. The smallest absolute Gasteiger partial charge is 0.240 e. The Morgan fingerprint density at radius 1 is 1.03 bits per heavy atom. The van der Waals surface area contributed by atoms with Crippen LogP contribution < -0.4 is 10.0 Å². The largest absolute Gasteiger partial charge is 0.382 e. The van der Waals surface area contributed by atoms with Crippen molar-refractivity contribution in [3.05, 3.63) is 65.9 Å². The molecule has 2 aromatic carbocycles.